The van der Waals surface area contributed by atoms with Crippen molar-refractivity contribution in [3.05, 3.63) is 45.2 Å². The van der Waals surface area contributed by atoms with Gasteiger partial charge in [-0.15, -0.1) is 11.3 Å². The Bertz CT molecular complexity index is 591. The number of halogens is 1. The highest BCUT2D eigenvalue weighted by Crippen LogP contribution is 2.22. The van der Waals surface area contributed by atoms with Crippen LogP contribution in [0, 0.1) is 19.7 Å². The highest BCUT2D eigenvalue weighted by Gasteiger charge is 2.08. The fourth-order valence-electron chi connectivity index (χ4n) is 1.83. The smallest absolute Gasteiger partial charge is 0.165 e. The van der Waals surface area contributed by atoms with Crippen LogP contribution in [0.25, 0.3) is 0 Å². The van der Waals surface area contributed by atoms with Gasteiger partial charge in [-0.1, -0.05) is 19.9 Å². The number of aryl methyl sites for hydroxylation is 2. The molecule has 1 aromatic heterocycles. The van der Waals surface area contributed by atoms with Crippen LogP contribution in [-0.4, -0.2) is 11.0 Å². The molecule has 0 aliphatic heterocycles. The number of thiazole rings is 1. The molecule has 1 aromatic carbocycles. The Kier molecular flexibility index (Phi) is 5.31. The molecule has 2 aromatic rings. The molecule has 0 saturated carbocycles. The minimum absolute atomic E-state index is 0.272. The zero-order chi connectivity index (χ0) is 15.4. The van der Waals surface area contributed by atoms with E-state index in [1.54, 1.807) is 17.4 Å². The summed E-state index contributed by atoms with van der Waals surface area (Å²) in [5.41, 5.74) is 1.92. The maximum Gasteiger partial charge on any atom is 0.165 e. The quantitative estimate of drug-likeness (QED) is 0.876. The van der Waals surface area contributed by atoms with Crippen LogP contribution < -0.4 is 10.1 Å². The standard InChI is InChI=1S/C16H21FN2OS/c1-10(2)18-8-13-5-6-15(14(17)7-13)20-9-16-19-11(3)12(4)21-16/h5-7,10,18H,8-9H2,1-4H3. The number of ether oxygens (including phenoxy) is 1. The molecule has 0 aliphatic carbocycles. The van der Waals surface area contributed by atoms with E-state index in [-0.39, 0.29) is 11.6 Å². The Labute approximate surface area is 129 Å². The van der Waals surface area contributed by atoms with Gasteiger partial charge >= 0.3 is 0 Å². The van der Waals surface area contributed by atoms with E-state index in [1.165, 1.54) is 10.9 Å². The first kappa shape index (κ1) is 15.9. The zero-order valence-corrected chi connectivity index (χ0v) is 13.7. The molecule has 3 nitrogen and oxygen atoms in total. The zero-order valence-electron chi connectivity index (χ0n) is 12.9. The van der Waals surface area contributed by atoms with Crippen molar-refractivity contribution in [1.29, 1.82) is 0 Å². The molecule has 0 atom stereocenters. The molecular formula is C16H21FN2OS. The summed E-state index contributed by atoms with van der Waals surface area (Å²) in [5, 5.41) is 4.13. The predicted molar refractivity (Wildman–Crippen MR) is 84.3 cm³/mol. The van der Waals surface area contributed by atoms with E-state index in [4.69, 9.17) is 4.74 Å². The minimum atomic E-state index is -0.331. The topological polar surface area (TPSA) is 34.1 Å². The molecule has 0 amide bonds. The number of nitrogens with zero attached hydrogens (tertiary/aromatic N) is 1. The maximum atomic E-state index is 14.0. The first-order valence-corrected chi connectivity index (χ1v) is 7.85. The lowest BCUT2D eigenvalue weighted by Gasteiger charge is -2.10. The molecule has 2 rings (SSSR count). The van der Waals surface area contributed by atoms with Crippen LogP contribution in [0.2, 0.25) is 0 Å². The second kappa shape index (κ2) is 7.00. The number of aromatic nitrogens is 1. The third kappa shape index (κ3) is 4.51. The van der Waals surface area contributed by atoms with E-state index in [9.17, 15) is 4.39 Å². The molecule has 0 spiro atoms. The molecule has 1 heterocycles. The summed E-state index contributed by atoms with van der Waals surface area (Å²) < 4.78 is 19.5. The van der Waals surface area contributed by atoms with Gasteiger partial charge in [-0.25, -0.2) is 9.37 Å². The molecule has 21 heavy (non-hydrogen) atoms. The van der Waals surface area contributed by atoms with E-state index < -0.39 is 0 Å². The van der Waals surface area contributed by atoms with Crippen LogP contribution in [-0.2, 0) is 13.2 Å². The van der Waals surface area contributed by atoms with Crippen molar-refractivity contribution in [2.45, 2.75) is 46.9 Å². The summed E-state index contributed by atoms with van der Waals surface area (Å²) >= 11 is 1.59. The average molecular weight is 308 g/mol. The van der Waals surface area contributed by atoms with Crippen LogP contribution >= 0.6 is 11.3 Å². The summed E-state index contributed by atoms with van der Waals surface area (Å²) in [7, 11) is 0. The second-order valence-corrected chi connectivity index (χ2v) is 6.63. The van der Waals surface area contributed by atoms with Crippen molar-refractivity contribution in [3.8, 4) is 5.75 Å². The van der Waals surface area contributed by atoms with Crippen LogP contribution in [0.15, 0.2) is 18.2 Å². The average Bonchev–Trinajstić information content (AvgIpc) is 2.74. The van der Waals surface area contributed by atoms with Gasteiger partial charge in [0, 0.05) is 17.5 Å². The number of hydrogen-bond acceptors (Lipinski definition) is 4. The van der Waals surface area contributed by atoms with Gasteiger partial charge in [-0.2, -0.15) is 0 Å². The SMILES string of the molecule is Cc1nc(COc2ccc(CNC(C)C)cc2F)sc1C. The molecule has 5 heteroatoms. The number of rotatable bonds is 6. The lowest BCUT2D eigenvalue weighted by Crippen LogP contribution is -2.21. The Hall–Kier alpha value is -1.46. The molecule has 0 radical (unpaired) electrons. The van der Waals surface area contributed by atoms with Gasteiger partial charge in [-0.05, 0) is 31.5 Å². The van der Waals surface area contributed by atoms with Crippen molar-refractivity contribution < 1.29 is 9.13 Å². The van der Waals surface area contributed by atoms with Crippen molar-refractivity contribution >= 4 is 11.3 Å². The van der Waals surface area contributed by atoms with Crippen molar-refractivity contribution in [2.24, 2.45) is 0 Å². The molecule has 0 bridgehead atoms. The first-order chi connectivity index (χ1) is 9.95. The van der Waals surface area contributed by atoms with Gasteiger partial charge in [0.25, 0.3) is 0 Å². The number of hydrogen-bond donors (Lipinski definition) is 1. The largest absolute Gasteiger partial charge is 0.483 e. The second-order valence-electron chi connectivity index (χ2n) is 5.34. The van der Waals surface area contributed by atoms with E-state index >= 15 is 0 Å². The minimum Gasteiger partial charge on any atom is -0.483 e. The summed E-state index contributed by atoms with van der Waals surface area (Å²) in [6.07, 6.45) is 0. The summed E-state index contributed by atoms with van der Waals surface area (Å²) in [5.74, 6) is -0.0585. The predicted octanol–water partition coefficient (Wildman–Crippen LogP) is 3.98. The highest BCUT2D eigenvalue weighted by atomic mass is 32.1. The number of benzene rings is 1. The maximum absolute atomic E-state index is 14.0. The fraction of sp³-hybridized carbons (Fsp3) is 0.438. The lowest BCUT2D eigenvalue weighted by atomic mass is 10.2. The van der Waals surface area contributed by atoms with Crippen molar-refractivity contribution in [1.82, 2.24) is 10.3 Å². The van der Waals surface area contributed by atoms with Crippen LogP contribution in [0.1, 0.15) is 35.0 Å². The van der Waals surface area contributed by atoms with Gasteiger partial charge in [0.15, 0.2) is 11.6 Å². The molecule has 0 fully saturated rings. The summed E-state index contributed by atoms with van der Waals surface area (Å²) in [6, 6.07) is 5.45. The summed E-state index contributed by atoms with van der Waals surface area (Å²) in [6.45, 7) is 9.07. The van der Waals surface area contributed by atoms with E-state index in [2.05, 4.69) is 24.1 Å². The van der Waals surface area contributed by atoms with Gasteiger partial charge < -0.3 is 10.1 Å². The Morgan fingerprint density at radius 1 is 1.33 bits per heavy atom. The monoisotopic (exact) mass is 308 g/mol. The van der Waals surface area contributed by atoms with Gasteiger partial charge in [0.1, 0.15) is 11.6 Å². The Morgan fingerprint density at radius 2 is 2.10 bits per heavy atom. The fourth-order valence-corrected chi connectivity index (χ4v) is 2.68. The van der Waals surface area contributed by atoms with E-state index in [0.717, 1.165) is 16.3 Å². The van der Waals surface area contributed by atoms with Crippen LogP contribution in [0.4, 0.5) is 4.39 Å². The first-order valence-electron chi connectivity index (χ1n) is 7.03. The molecule has 0 unspecified atom stereocenters. The highest BCUT2D eigenvalue weighted by molar-refractivity contribution is 7.11. The van der Waals surface area contributed by atoms with Gasteiger partial charge in [0.05, 0.1) is 5.69 Å². The molecule has 1 N–H and O–H groups in total. The lowest BCUT2D eigenvalue weighted by molar-refractivity contribution is 0.289. The van der Waals surface area contributed by atoms with Crippen LogP contribution in [0.5, 0.6) is 5.75 Å². The van der Waals surface area contributed by atoms with Crippen molar-refractivity contribution in [3.63, 3.8) is 0 Å². The van der Waals surface area contributed by atoms with Gasteiger partial charge in [-0.3, -0.25) is 0 Å². The van der Waals surface area contributed by atoms with E-state index in [1.807, 2.05) is 19.9 Å². The Balaban J connectivity index is 1.97. The van der Waals surface area contributed by atoms with Gasteiger partial charge in [0.2, 0.25) is 0 Å². The van der Waals surface area contributed by atoms with Crippen LogP contribution in [0.3, 0.4) is 0 Å². The van der Waals surface area contributed by atoms with Crippen molar-refractivity contribution in [2.75, 3.05) is 0 Å². The third-order valence-electron chi connectivity index (χ3n) is 3.13. The molecular weight excluding hydrogens is 287 g/mol. The normalized spacial score (nSPS) is 11.1. The number of nitrogens with one attached hydrogen (secondary N) is 1. The molecule has 0 aliphatic rings. The Morgan fingerprint density at radius 3 is 2.67 bits per heavy atom. The third-order valence-corrected chi connectivity index (χ3v) is 4.18. The van der Waals surface area contributed by atoms with E-state index in [0.29, 0.717) is 19.2 Å². The summed E-state index contributed by atoms with van der Waals surface area (Å²) in [4.78, 5) is 5.55. The molecule has 114 valence electrons. The molecule has 0 saturated heterocycles.